The summed E-state index contributed by atoms with van der Waals surface area (Å²) in [6.45, 7) is 6.24. The molecule has 0 saturated heterocycles. The summed E-state index contributed by atoms with van der Waals surface area (Å²) in [5, 5.41) is 4.55. The van der Waals surface area contributed by atoms with Crippen molar-refractivity contribution in [2.24, 2.45) is 0 Å². The van der Waals surface area contributed by atoms with Gasteiger partial charge in [-0.1, -0.05) is 90.4 Å². The summed E-state index contributed by atoms with van der Waals surface area (Å²) in [4.78, 5) is 30.7. The van der Waals surface area contributed by atoms with Gasteiger partial charge >= 0.3 is 12.2 Å². The van der Waals surface area contributed by atoms with Crippen LogP contribution in [-0.4, -0.2) is 47.7 Å². The van der Waals surface area contributed by atoms with E-state index in [-0.39, 0.29) is 5.82 Å². The van der Waals surface area contributed by atoms with Crippen molar-refractivity contribution < 1.29 is 19.1 Å². The van der Waals surface area contributed by atoms with Crippen LogP contribution in [0.4, 0.5) is 15.4 Å². The number of halogens is 6. The highest BCUT2D eigenvalue weighted by atomic mass is 35.6. The van der Waals surface area contributed by atoms with E-state index in [1.54, 1.807) is 12.1 Å². The minimum absolute atomic E-state index is 0.0192. The van der Waals surface area contributed by atoms with E-state index in [1.807, 2.05) is 27.7 Å². The lowest BCUT2D eigenvalue weighted by Crippen LogP contribution is -2.41. The van der Waals surface area contributed by atoms with Gasteiger partial charge in [0.25, 0.3) is 0 Å². The Kier molecular flexibility index (Phi) is 9.04. The molecule has 0 radical (unpaired) electrons. The molecule has 33 heavy (non-hydrogen) atoms. The van der Waals surface area contributed by atoms with E-state index in [0.29, 0.717) is 16.3 Å². The Bertz CT molecular complexity index is 964. The summed E-state index contributed by atoms with van der Waals surface area (Å²) >= 11 is 34.1. The first-order valence-corrected chi connectivity index (χ1v) is 11.6. The first-order valence-electron chi connectivity index (χ1n) is 9.29. The van der Waals surface area contributed by atoms with Gasteiger partial charge in [-0.3, -0.25) is 4.98 Å². The molecular formula is C19H20Cl6N4O4. The maximum absolute atomic E-state index is 12.9. The van der Waals surface area contributed by atoms with Crippen LogP contribution < -0.4 is 4.90 Å². The van der Waals surface area contributed by atoms with E-state index in [2.05, 4.69) is 10.1 Å². The Morgan fingerprint density at radius 2 is 1.48 bits per heavy atom. The fraction of sp³-hybridized carbons (Fsp3) is 0.474. The topological polar surface area (TPSA) is 86.6 Å². The lowest BCUT2D eigenvalue weighted by atomic mass is 9.92. The number of pyridine rings is 1. The molecule has 0 saturated carbocycles. The third-order valence-electron chi connectivity index (χ3n) is 3.91. The van der Waals surface area contributed by atoms with Crippen molar-refractivity contribution in [1.29, 1.82) is 0 Å². The number of aryl methyl sites for hydroxylation is 1. The van der Waals surface area contributed by atoms with Crippen LogP contribution in [0.5, 0.6) is 0 Å². The Hall–Kier alpha value is -1.16. The van der Waals surface area contributed by atoms with E-state index in [1.165, 1.54) is 16.9 Å². The lowest BCUT2D eigenvalue weighted by Gasteiger charge is -2.22. The van der Waals surface area contributed by atoms with E-state index >= 15 is 0 Å². The number of carbonyl (C=O) groups is 2. The average molecular weight is 581 g/mol. The summed E-state index contributed by atoms with van der Waals surface area (Å²) in [5.41, 5.74) is 1.31. The Labute approximate surface area is 220 Å². The highest BCUT2D eigenvalue weighted by molar-refractivity contribution is 6.68. The van der Waals surface area contributed by atoms with Crippen molar-refractivity contribution >= 4 is 87.6 Å². The summed E-state index contributed by atoms with van der Waals surface area (Å²) in [5.74, 6) is -0.0192. The van der Waals surface area contributed by atoms with Gasteiger partial charge in [0, 0.05) is 17.2 Å². The van der Waals surface area contributed by atoms with Crippen molar-refractivity contribution in [3.63, 3.8) is 0 Å². The maximum atomic E-state index is 12.9. The van der Waals surface area contributed by atoms with Crippen molar-refractivity contribution in [2.75, 3.05) is 18.1 Å². The quantitative estimate of drug-likeness (QED) is 0.374. The molecule has 0 aromatic carbocycles. The van der Waals surface area contributed by atoms with Gasteiger partial charge in [0.15, 0.2) is 5.82 Å². The zero-order chi connectivity index (χ0) is 25.2. The first kappa shape index (κ1) is 28.1. The van der Waals surface area contributed by atoms with Crippen molar-refractivity contribution in [3.05, 3.63) is 35.8 Å². The van der Waals surface area contributed by atoms with Crippen molar-refractivity contribution in [3.8, 4) is 5.69 Å². The predicted octanol–water partition coefficient (Wildman–Crippen LogP) is 6.69. The molecule has 8 nitrogen and oxygen atoms in total. The molecule has 2 rings (SSSR count). The molecule has 14 heteroatoms. The van der Waals surface area contributed by atoms with Gasteiger partial charge in [-0.25, -0.2) is 14.3 Å². The molecule has 2 aromatic rings. The van der Waals surface area contributed by atoms with E-state index in [4.69, 9.17) is 79.1 Å². The van der Waals surface area contributed by atoms with E-state index in [0.717, 1.165) is 5.69 Å². The number of hydrogen-bond acceptors (Lipinski definition) is 6. The second kappa shape index (κ2) is 10.6. The smallest absolute Gasteiger partial charge is 0.425 e. The average Bonchev–Trinajstić information content (AvgIpc) is 3.10. The summed E-state index contributed by atoms with van der Waals surface area (Å²) < 4.78 is 7.53. The number of anilines is 1. The number of alkyl halides is 6. The van der Waals surface area contributed by atoms with Crippen LogP contribution in [0.25, 0.3) is 5.69 Å². The highest BCUT2D eigenvalue weighted by Crippen LogP contribution is 2.32. The Morgan fingerprint density at radius 3 is 1.88 bits per heavy atom. The van der Waals surface area contributed by atoms with Gasteiger partial charge in [-0.2, -0.15) is 10.00 Å². The number of hydrogen-bond donors (Lipinski definition) is 0. The maximum Gasteiger partial charge on any atom is 0.425 e. The van der Waals surface area contributed by atoms with Gasteiger partial charge in [0.1, 0.15) is 13.2 Å². The minimum Gasteiger partial charge on any atom is -0.444 e. The molecule has 0 aliphatic carbocycles. The normalized spacial score (nSPS) is 12.4. The fourth-order valence-corrected chi connectivity index (χ4v) is 2.68. The minimum atomic E-state index is -1.92. The number of aromatic nitrogens is 3. The second-order valence-electron chi connectivity index (χ2n) is 7.88. The monoisotopic (exact) mass is 578 g/mol. The van der Waals surface area contributed by atoms with Crippen molar-refractivity contribution in [2.45, 2.75) is 40.7 Å². The first-order chi connectivity index (χ1) is 15.0. The molecule has 182 valence electrons. The number of imide groups is 1. The molecule has 0 N–H and O–H groups in total. The predicted molar refractivity (Wildman–Crippen MR) is 131 cm³/mol. The Morgan fingerprint density at radius 1 is 0.970 bits per heavy atom. The fourth-order valence-electron chi connectivity index (χ4n) is 2.35. The number of ether oxygens (including phenoxy) is 2. The molecule has 0 spiro atoms. The number of carbonyl (C=O) groups excluding carboxylic acids is 2. The SMILES string of the molecule is Cc1ccc(-n2nc(C(C)(C)C)cc2N(C(=O)OCC(Cl)(Cl)Cl)C(=O)OCC(Cl)(Cl)Cl)cn1. The molecule has 2 aromatic heterocycles. The molecule has 0 atom stereocenters. The largest absolute Gasteiger partial charge is 0.444 e. The van der Waals surface area contributed by atoms with Crippen LogP contribution in [0.1, 0.15) is 32.2 Å². The van der Waals surface area contributed by atoms with Gasteiger partial charge in [-0.05, 0) is 19.1 Å². The number of rotatable bonds is 4. The third kappa shape index (κ3) is 8.53. The van der Waals surface area contributed by atoms with Gasteiger partial charge in [-0.15, -0.1) is 0 Å². The van der Waals surface area contributed by atoms with Crippen LogP contribution >= 0.6 is 69.6 Å². The number of nitrogens with zero attached hydrogens (tertiary/aromatic N) is 4. The van der Waals surface area contributed by atoms with Crippen molar-refractivity contribution in [1.82, 2.24) is 14.8 Å². The lowest BCUT2D eigenvalue weighted by molar-refractivity contribution is 0.136. The van der Waals surface area contributed by atoms with Crippen LogP contribution in [-0.2, 0) is 14.9 Å². The molecule has 2 amide bonds. The second-order valence-corrected chi connectivity index (χ2v) is 12.9. The van der Waals surface area contributed by atoms with Crippen LogP contribution in [0.3, 0.4) is 0 Å². The molecule has 0 aliphatic rings. The van der Waals surface area contributed by atoms with Crippen LogP contribution in [0.2, 0.25) is 0 Å². The zero-order valence-corrected chi connectivity index (χ0v) is 22.4. The van der Waals surface area contributed by atoms with Gasteiger partial charge in [0.05, 0.1) is 17.6 Å². The van der Waals surface area contributed by atoms with Crippen LogP contribution in [0.15, 0.2) is 24.4 Å². The van der Waals surface area contributed by atoms with Gasteiger partial charge in [0.2, 0.25) is 7.59 Å². The summed E-state index contributed by atoms with van der Waals surface area (Å²) in [7, 11) is 0. The summed E-state index contributed by atoms with van der Waals surface area (Å²) in [6, 6.07) is 4.97. The molecule has 0 unspecified atom stereocenters. The molecule has 0 fully saturated rings. The van der Waals surface area contributed by atoms with E-state index in [9.17, 15) is 9.59 Å². The zero-order valence-electron chi connectivity index (χ0n) is 17.9. The summed E-state index contributed by atoms with van der Waals surface area (Å²) in [6.07, 6.45) is -0.870. The van der Waals surface area contributed by atoms with Gasteiger partial charge < -0.3 is 9.47 Å². The standard InChI is InChI=1S/C19H20Cl6N4O4/c1-11-5-6-12(8-26-11)29-14(7-13(27-29)17(2,3)4)28(15(30)32-9-18(20,21)22)16(31)33-10-19(23,24)25/h5-8H,9-10H2,1-4H3. The number of amides is 2. The molecular weight excluding hydrogens is 561 g/mol. The molecule has 0 aliphatic heterocycles. The Balaban J connectivity index is 2.59. The highest BCUT2D eigenvalue weighted by Gasteiger charge is 2.36. The third-order valence-corrected chi connectivity index (χ3v) is 4.57. The molecule has 0 bridgehead atoms. The molecule has 2 heterocycles. The van der Waals surface area contributed by atoms with Crippen LogP contribution in [0, 0.1) is 6.92 Å². The van der Waals surface area contributed by atoms with E-state index < -0.39 is 38.4 Å².